The molecule has 0 aromatic rings. The standard InChI is InChI=1S/C12H20O/c13-12-10-8-6-4-2-1-3-5-7-9-11-12/h2,4H,1,3,5-11H2. The zero-order chi connectivity index (χ0) is 9.36. The number of carbonyl (C=O) groups excluding carboxylic acids is 1. The topological polar surface area (TPSA) is 17.1 Å². The van der Waals surface area contributed by atoms with E-state index in [0.717, 1.165) is 32.1 Å². The van der Waals surface area contributed by atoms with Crippen LogP contribution in [0, 0.1) is 0 Å². The van der Waals surface area contributed by atoms with Gasteiger partial charge in [0.1, 0.15) is 5.78 Å². The van der Waals surface area contributed by atoms with Crippen molar-refractivity contribution in [3.63, 3.8) is 0 Å². The molecule has 0 bridgehead atoms. The van der Waals surface area contributed by atoms with Crippen LogP contribution in [0.25, 0.3) is 0 Å². The molecule has 0 radical (unpaired) electrons. The van der Waals surface area contributed by atoms with Gasteiger partial charge in [-0.2, -0.15) is 0 Å². The Morgan fingerprint density at radius 3 is 2.23 bits per heavy atom. The highest BCUT2D eigenvalue weighted by molar-refractivity contribution is 5.78. The molecule has 0 heterocycles. The third-order valence-electron chi connectivity index (χ3n) is 2.57. The van der Waals surface area contributed by atoms with Crippen molar-refractivity contribution in [3.05, 3.63) is 12.2 Å². The lowest BCUT2D eigenvalue weighted by Gasteiger charge is -2.02. The van der Waals surface area contributed by atoms with Gasteiger partial charge in [-0.25, -0.2) is 0 Å². The Hall–Kier alpha value is -0.590. The van der Waals surface area contributed by atoms with Crippen molar-refractivity contribution in [1.82, 2.24) is 0 Å². The number of rotatable bonds is 0. The van der Waals surface area contributed by atoms with Gasteiger partial charge in [0.05, 0.1) is 0 Å². The third-order valence-corrected chi connectivity index (χ3v) is 2.57. The summed E-state index contributed by atoms with van der Waals surface area (Å²) in [4.78, 5) is 11.3. The van der Waals surface area contributed by atoms with E-state index in [1.54, 1.807) is 0 Å². The summed E-state index contributed by atoms with van der Waals surface area (Å²) in [7, 11) is 0. The van der Waals surface area contributed by atoms with Gasteiger partial charge in [-0.1, -0.05) is 25.0 Å². The number of allylic oxidation sites excluding steroid dienone is 2. The largest absolute Gasteiger partial charge is 0.300 e. The summed E-state index contributed by atoms with van der Waals surface area (Å²) >= 11 is 0. The van der Waals surface area contributed by atoms with Crippen molar-refractivity contribution in [3.8, 4) is 0 Å². The second-order valence-electron chi connectivity index (χ2n) is 3.86. The SMILES string of the molecule is O=C1CCCC=CCCCCCC1. The van der Waals surface area contributed by atoms with E-state index >= 15 is 0 Å². The minimum absolute atomic E-state index is 0.467. The first-order chi connectivity index (χ1) is 6.39. The first-order valence-corrected chi connectivity index (χ1v) is 5.56. The predicted octanol–water partition coefficient (Wildman–Crippen LogP) is 3.64. The van der Waals surface area contributed by atoms with Crippen LogP contribution < -0.4 is 0 Å². The Kier molecular flexibility index (Phi) is 5.55. The Morgan fingerprint density at radius 2 is 1.38 bits per heavy atom. The molecule has 0 amide bonds. The molecule has 0 N–H and O–H groups in total. The van der Waals surface area contributed by atoms with E-state index in [1.165, 1.54) is 25.7 Å². The summed E-state index contributed by atoms with van der Waals surface area (Å²) in [6.45, 7) is 0. The van der Waals surface area contributed by atoms with Crippen LogP contribution in [-0.4, -0.2) is 5.78 Å². The van der Waals surface area contributed by atoms with Gasteiger partial charge in [0.25, 0.3) is 0 Å². The second kappa shape index (κ2) is 6.88. The molecule has 0 unspecified atom stereocenters. The van der Waals surface area contributed by atoms with Crippen LogP contribution in [0.15, 0.2) is 12.2 Å². The normalized spacial score (nSPS) is 22.0. The van der Waals surface area contributed by atoms with Crippen molar-refractivity contribution < 1.29 is 4.79 Å². The molecule has 1 aliphatic rings. The molecular weight excluding hydrogens is 160 g/mol. The van der Waals surface area contributed by atoms with Gasteiger partial charge in [-0.3, -0.25) is 4.79 Å². The first-order valence-electron chi connectivity index (χ1n) is 5.56. The van der Waals surface area contributed by atoms with Crippen LogP contribution in [0.1, 0.15) is 57.8 Å². The molecule has 1 aliphatic carbocycles. The summed E-state index contributed by atoms with van der Waals surface area (Å²) in [6, 6.07) is 0. The van der Waals surface area contributed by atoms with E-state index < -0.39 is 0 Å². The Morgan fingerprint density at radius 1 is 0.769 bits per heavy atom. The highest BCUT2D eigenvalue weighted by Gasteiger charge is 2.01. The average molecular weight is 180 g/mol. The molecular formula is C12H20O. The van der Waals surface area contributed by atoms with E-state index in [1.807, 2.05) is 0 Å². The van der Waals surface area contributed by atoms with Gasteiger partial charge in [-0.15, -0.1) is 0 Å². The van der Waals surface area contributed by atoms with Crippen molar-refractivity contribution in [2.75, 3.05) is 0 Å². The zero-order valence-corrected chi connectivity index (χ0v) is 8.43. The van der Waals surface area contributed by atoms with Gasteiger partial charge in [0.2, 0.25) is 0 Å². The number of ketones is 1. The molecule has 0 aromatic heterocycles. The number of Topliss-reactive ketones (excluding diaryl/α,β-unsaturated/α-hetero) is 1. The summed E-state index contributed by atoms with van der Waals surface area (Å²) in [5.41, 5.74) is 0. The summed E-state index contributed by atoms with van der Waals surface area (Å²) in [5.74, 6) is 0.467. The maximum Gasteiger partial charge on any atom is 0.132 e. The van der Waals surface area contributed by atoms with Crippen molar-refractivity contribution in [2.24, 2.45) is 0 Å². The molecule has 0 saturated heterocycles. The molecule has 74 valence electrons. The van der Waals surface area contributed by atoms with Crippen LogP contribution in [-0.2, 0) is 4.79 Å². The minimum atomic E-state index is 0.467. The van der Waals surface area contributed by atoms with Gasteiger partial charge in [0.15, 0.2) is 0 Å². The maximum atomic E-state index is 11.3. The molecule has 0 aliphatic heterocycles. The number of carbonyl (C=O) groups is 1. The minimum Gasteiger partial charge on any atom is -0.300 e. The number of hydrogen-bond acceptors (Lipinski definition) is 1. The van der Waals surface area contributed by atoms with E-state index in [2.05, 4.69) is 12.2 Å². The van der Waals surface area contributed by atoms with Crippen LogP contribution in [0.2, 0.25) is 0 Å². The lowest BCUT2D eigenvalue weighted by Crippen LogP contribution is -1.97. The first kappa shape index (κ1) is 10.5. The molecule has 0 aromatic carbocycles. The quantitative estimate of drug-likeness (QED) is 0.520. The molecule has 0 saturated carbocycles. The fraction of sp³-hybridized carbons (Fsp3) is 0.750. The average Bonchev–Trinajstić information content (AvgIpc) is 2.11. The summed E-state index contributed by atoms with van der Waals surface area (Å²) < 4.78 is 0. The summed E-state index contributed by atoms with van der Waals surface area (Å²) in [6.07, 6.45) is 14.4. The molecule has 1 rings (SSSR count). The lowest BCUT2D eigenvalue weighted by atomic mass is 10.0. The third kappa shape index (κ3) is 5.62. The van der Waals surface area contributed by atoms with E-state index in [-0.39, 0.29) is 0 Å². The molecule has 1 nitrogen and oxygen atoms in total. The molecule has 0 fully saturated rings. The van der Waals surface area contributed by atoms with Crippen LogP contribution in [0.5, 0.6) is 0 Å². The molecule has 1 heteroatoms. The van der Waals surface area contributed by atoms with E-state index in [0.29, 0.717) is 5.78 Å². The van der Waals surface area contributed by atoms with Gasteiger partial charge in [-0.05, 0) is 32.1 Å². The van der Waals surface area contributed by atoms with Crippen LogP contribution in [0.3, 0.4) is 0 Å². The number of hydrogen-bond donors (Lipinski definition) is 0. The van der Waals surface area contributed by atoms with E-state index in [4.69, 9.17) is 0 Å². The fourth-order valence-electron chi connectivity index (χ4n) is 1.72. The summed E-state index contributed by atoms with van der Waals surface area (Å²) in [5, 5.41) is 0. The monoisotopic (exact) mass is 180 g/mol. The highest BCUT2D eigenvalue weighted by atomic mass is 16.1. The smallest absolute Gasteiger partial charge is 0.132 e. The van der Waals surface area contributed by atoms with Crippen molar-refractivity contribution >= 4 is 5.78 Å². The van der Waals surface area contributed by atoms with E-state index in [9.17, 15) is 4.79 Å². The molecule has 0 spiro atoms. The molecule has 0 atom stereocenters. The van der Waals surface area contributed by atoms with Crippen LogP contribution >= 0.6 is 0 Å². The Bertz CT molecular complexity index is 170. The van der Waals surface area contributed by atoms with Crippen LogP contribution in [0.4, 0.5) is 0 Å². The zero-order valence-electron chi connectivity index (χ0n) is 8.43. The fourth-order valence-corrected chi connectivity index (χ4v) is 1.72. The predicted molar refractivity (Wildman–Crippen MR) is 55.7 cm³/mol. The highest BCUT2D eigenvalue weighted by Crippen LogP contribution is 2.10. The Balaban J connectivity index is 2.24. The molecule has 13 heavy (non-hydrogen) atoms. The second-order valence-corrected chi connectivity index (χ2v) is 3.86. The maximum absolute atomic E-state index is 11.3. The van der Waals surface area contributed by atoms with Gasteiger partial charge >= 0.3 is 0 Å². The lowest BCUT2D eigenvalue weighted by molar-refractivity contribution is -0.119. The van der Waals surface area contributed by atoms with Gasteiger partial charge in [0, 0.05) is 12.8 Å². The van der Waals surface area contributed by atoms with Crippen molar-refractivity contribution in [2.45, 2.75) is 57.8 Å². The van der Waals surface area contributed by atoms with Gasteiger partial charge < -0.3 is 0 Å². The van der Waals surface area contributed by atoms with Crippen molar-refractivity contribution in [1.29, 1.82) is 0 Å². The Labute approximate surface area is 81.2 Å².